The van der Waals surface area contributed by atoms with Gasteiger partial charge in [-0.05, 0) is 36.5 Å². The van der Waals surface area contributed by atoms with Gasteiger partial charge in [0.25, 0.3) is 0 Å². The third-order valence-electron chi connectivity index (χ3n) is 3.57. The number of alkyl halides is 1. The zero-order valence-electron chi connectivity index (χ0n) is 12.1. The molecule has 0 spiro atoms. The summed E-state index contributed by atoms with van der Waals surface area (Å²) in [6, 6.07) is 8.20. The van der Waals surface area contributed by atoms with Gasteiger partial charge in [0.15, 0.2) is 0 Å². The minimum absolute atomic E-state index is 0.459. The van der Waals surface area contributed by atoms with Gasteiger partial charge in [-0.1, -0.05) is 12.1 Å². The summed E-state index contributed by atoms with van der Waals surface area (Å²) in [5.41, 5.74) is 1.27. The van der Waals surface area contributed by atoms with Gasteiger partial charge in [0.2, 0.25) is 0 Å². The fourth-order valence-corrected chi connectivity index (χ4v) is 2.60. The topological polar surface area (TPSA) is 27.1 Å². The van der Waals surface area contributed by atoms with E-state index in [-0.39, 0.29) is 0 Å². The van der Waals surface area contributed by atoms with Crippen LogP contribution >= 0.6 is 11.6 Å². The number of benzene rings is 1. The number of imidazole rings is 1. The number of ether oxygens (including phenoxy) is 1. The van der Waals surface area contributed by atoms with Crippen molar-refractivity contribution in [2.24, 2.45) is 13.0 Å². The summed E-state index contributed by atoms with van der Waals surface area (Å²) in [4.78, 5) is 4.36. The van der Waals surface area contributed by atoms with Crippen LogP contribution in [0.3, 0.4) is 0 Å². The van der Waals surface area contributed by atoms with Crippen LogP contribution in [-0.4, -0.2) is 22.5 Å². The molecule has 1 aromatic heterocycles. The Balaban J connectivity index is 1.93. The van der Waals surface area contributed by atoms with E-state index in [2.05, 4.69) is 21.7 Å². The smallest absolute Gasteiger partial charge is 0.119 e. The summed E-state index contributed by atoms with van der Waals surface area (Å²) in [6.45, 7) is 0. The van der Waals surface area contributed by atoms with Crippen LogP contribution in [0.1, 0.15) is 17.8 Å². The number of halogens is 1. The maximum absolute atomic E-state index is 6.11. The van der Waals surface area contributed by atoms with Crippen molar-refractivity contribution in [3.8, 4) is 5.75 Å². The molecule has 3 nitrogen and oxygen atoms in total. The van der Waals surface area contributed by atoms with Gasteiger partial charge in [-0.2, -0.15) is 0 Å². The number of rotatable bonds is 7. The van der Waals surface area contributed by atoms with E-state index in [0.717, 1.165) is 30.8 Å². The maximum atomic E-state index is 6.11. The lowest BCUT2D eigenvalue weighted by molar-refractivity contribution is 0.413. The molecule has 0 saturated carbocycles. The van der Waals surface area contributed by atoms with Gasteiger partial charge >= 0.3 is 0 Å². The highest BCUT2D eigenvalue weighted by Gasteiger charge is 2.11. The zero-order chi connectivity index (χ0) is 14.4. The molecule has 2 aromatic rings. The molecular weight excluding hydrogens is 272 g/mol. The molecular formula is C16H21ClN2O. The Bertz CT molecular complexity index is 539. The lowest BCUT2D eigenvalue weighted by Crippen LogP contribution is -2.10. The van der Waals surface area contributed by atoms with Crippen LogP contribution in [0.4, 0.5) is 0 Å². The molecule has 0 bridgehead atoms. The molecule has 1 unspecified atom stereocenters. The summed E-state index contributed by atoms with van der Waals surface area (Å²) in [5.74, 6) is 3.15. The molecule has 0 amide bonds. The Hall–Kier alpha value is -1.48. The summed E-state index contributed by atoms with van der Waals surface area (Å²) in [7, 11) is 3.72. The Kier molecular flexibility index (Phi) is 5.48. The van der Waals surface area contributed by atoms with E-state index in [1.165, 1.54) is 5.56 Å². The first-order valence-corrected chi connectivity index (χ1v) is 7.41. The number of hydrogen-bond acceptors (Lipinski definition) is 2. The SMILES string of the molecule is COc1cccc(CC(CCl)CCc2nccn2C)c1. The van der Waals surface area contributed by atoms with Gasteiger partial charge in [0.1, 0.15) is 11.6 Å². The van der Waals surface area contributed by atoms with Gasteiger partial charge in [-0.3, -0.25) is 0 Å². The first kappa shape index (κ1) is 14.9. The van der Waals surface area contributed by atoms with Crippen LogP contribution in [0.2, 0.25) is 0 Å². The Morgan fingerprint density at radius 1 is 1.40 bits per heavy atom. The highest BCUT2D eigenvalue weighted by Crippen LogP contribution is 2.20. The van der Waals surface area contributed by atoms with Gasteiger partial charge in [0.05, 0.1) is 7.11 Å². The van der Waals surface area contributed by atoms with E-state index >= 15 is 0 Å². The highest BCUT2D eigenvalue weighted by molar-refractivity contribution is 6.18. The van der Waals surface area contributed by atoms with Crippen molar-refractivity contribution >= 4 is 11.6 Å². The largest absolute Gasteiger partial charge is 0.497 e. The van der Waals surface area contributed by atoms with Crippen molar-refractivity contribution in [1.82, 2.24) is 9.55 Å². The molecule has 1 aromatic carbocycles. The molecule has 0 fully saturated rings. The summed E-state index contributed by atoms with van der Waals surface area (Å²) >= 11 is 6.11. The first-order chi connectivity index (χ1) is 9.72. The zero-order valence-corrected chi connectivity index (χ0v) is 12.8. The first-order valence-electron chi connectivity index (χ1n) is 6.88. The van der Waals surface area contributed by atoms with Crippen LogP contribution in [0.5, 0.6) is 5.75 Å². The standard InChI is InChI=1S/C16H21ClN2O/c1-19-9-8-18-16(19)7-6-14(12-17)10-13-4-3-5-15(11-13)20-2/h3-5,8-9,11,14H,6-7,10,12H2,1-2H3. The predicted octanol–water partition coefficient (Wildman–Crippen LogP) is 3.46. The number of aryl methyl sites for hydroxylation is 2. The van der Waals surface area contributed by atoms with E-state index in [1.807, 2.05) is 31.6 Å². The van der Waals surface area contributed by atoms with Crippen molar-refractivity contribution in [2.75, 3.05) is 13.0 Å². The molecule has 4 heteroatoms. The van der Waals surface area contributed by atoms with E-state index < -0.39 is 0 Å². The van der Waals surface area contributed by atoms with Crippen LogP contribution in [-0.2, 0) is 19.9 Å². The lowest BCUT2D eigenvalue weighted by atomic mass is 9.96. The fourth-order valence-electron chi connectivity index (χ4n) is 2.34. The predicted molar refractivity (Wildman–Crippen MR) is 82.4 cm³/mol. The second kappa shape index (κ2) is 7.34. The minimum Gasteiger partial charge on any atom is -0.497 e. The Labute approximate surface area is 125 Å². The monoisotopic (exact) mass is 292 g/mol. The number of hydrogen-bond donors (Lipinski definition) is 0. The van der Waals surface area contributed by atoms with E-state index in [4.69, 9.17) is 16.3 Å². The van der Waals surface area contributed by atoms with Crippen LogP contribution in [0, 0.1) is 5.92 Å². The molecule has 1 atom stereocenters. The summed E-state index contributed by atoms with van der Waals surface area (Å²) in [5, 5.41) is 0. The maximum Gasteiger partial charge on any atom is 0.119 e. The quantitative estimate of drug-likeness (QED) is 0.731. The molecule has 108 valence electrons. The molecule has 0 aliphatic carbocycles. The third-order valence-corrected chi connectivity index (χ3v) is 4.01. The molecule has 0 saturated heterocycles. The van der Waals surface area contributed by atoms with Gasteiger partial charge < -0.3 is 9.30 Å². The van der Waals surface area contributed by atoms with E-state index in [1.54, 1.807) is 7.11 Å². The van der Waals surface area contributed by atoms with E-state index in [0.29, 0.717) is 11.8 Å². The lowest BCUT2D eigenvalue weighted by Gasteiger charge is -2.14. The van der Waals surface area contributed by atoms with Crippen LogP contribution in [0.15, 0.2) is 36.7 Å². The summed E-state index contributed by atoms with van der Waals surface area (Å²) in [6.07, 6.45) is 6.81. The molecule has 0 N–H and O–H groups in total. The minimum atomic E-state index is 0.459. The van der Waals surface area contributed by atoms with Crippen LogP contribution < -0.4 is 4.74 Å². The summed E-state index contributed by atoms with van der Waals surface area (Å²) < 4.78 is 7.32. The van der Waals surface area contributed by atoms with Crippen LogP contribution in [0.25, 0.3) is 0 Å². The van der Waals surface area contributed by atoms with E-state index in [9.17, 15) is 0 Å². The Morgan fingerprint density at radius 2 is 2.25 bits per heavy atom. The molecule has 1 heterocycles. The number of methoxy groups -OCH3 is 1. The van der Waals surface area contributed by atoms with Crippen molar-refractivity contribution in [1.29, 1.82) is 0 Å². The normalized spacial score (nSPS) is 12.3. The fraction of sp³-hybridized carbons (Fsp3) is 0.438. The molecule has 0 radical (unpaired) electrons. The highest BCUT2D eigenvalue weighted by atomic mass is 35.5. The van der Waals surface area contributed by atoms with Crippen molar-refractivity contribution < 1.29 is 4.74 Å². The average molecular weight is 293 g/mol. The van der Waals surface area contributed by atoms with Gasteiger partial charge in [-0.25, -0.2) is 4.98 Å². The number of aromatic nitrogens is 2. The third kappa shape index (κ3) is 4.01. The van der Waals surface area contributed by atoms with Crippen molar-refractivity contribution in [3.05, 3.63) is 48.0 Å². The second-order valence-electron chi connectivity index (χ2n) is 5.07. The van der Waals surface area contributed by atoms with Crippen molar-refractivity contribution in [2.45, 2.75) is 19.3 Å². The second-order valence-corrected chi connectivity index (χ2v) is 5.38. The Morgan fingerprint density at radius 3 is 2.90 bits per heavy atom. The molecule has 0 aliphatic heterocycles. The average Bonchev–Trinajstić information content (AvgIpc) is 2.89. The number of nitrogens with zero attached hydrogens (tertiary/aromatic N) is 2. The van der Waals surface area contributed by atoms with Crippen molar-refractivity contribution in [3.63, 3.8) is 0 Å². The van der Waals surface area contributed by atoms with Gasteiger partial charge in [0, 0.05) is 31.7 Å². The molecule has 2 rings (SSSR count). The molecule has 0 aliphatic rings. The van der Waals surface area contributed by atoms with Gasteiger partial charge in [-0.15, -0.1) is 11.6 Å². The molecule has 20 heavy (non-hydrogen) atoms.